The third-order valence-corrected chi connectivity index (χ3v) is 4.26. The van der Waals surface area contributed by atoms with Crippen LogP contribution in [0.25, 0.3) is 0 Å². The fourth-order valence-electron chi connectivity index (χ4n) is 2.57. The Hall–Kier alpha value is -0.710. The number of aliphatic imine (C=N–C) groups is 1. The van der Waals surface area contributed by atoms with Gasteiger partial charge in [0.1, 0.15) is 0 Å². The lowest BCUT2D eigenvalue weighted by Crippen LogP contribution is -2.44. The molecule has 2 N–H and O–H groups in total. The summed E-state index contributed by atoms with van der Waals surface area (Å²) in [6, 6.07) is 8.26. The van der Waals surface area contributed by atoms with Gasteiger partial charge in [0.2, 0.25) is 0 Å². The molecule has 0 spiro atoms. The minimum Gasteiger partial charge on any atom is -0.369 e. The van der Waals surface area contributed by atoms with Crippen LogP contribution < -0.4 is 15.5 Å². The second kappa shape index (κ2) is 10.4. The zero-order chi connectivity index (χ0) is 17.6. The highest BCUT2D eigenvalue weighted by molar-refractivity contribution is 14.0. The van der Waals surface area contributed by atoms with Gasteiger partial charge >= 0.3 is 6.18 Å². The number of hydrogen-bond acceptors (Lipinski definition) is 2. The SMILES string of the molecule is CCNC(=NCCC(F)(F)F)NC1CCN(c2ccc(Br)cc2)C1.I. The first-order chi connectivity index (χ1) is 11.4. The van der Waals surface area contributed by atoms with Gasteiger partial charge in [-0.15, -0.1) is 24.0 Å². The first kappa shape index (κ1) is 22.3. The molecule has 0 aromatic heterocycles. The van der Waals surface area contributed by atoms with E-state index in [0.717, 1.165) is 29.7 Å². The number of alkyl halides is 3. The summed E-state index contributed by atoms with van der Waals surface area (Å²) >= 11 is 3.42. The van der Waals surface area contributed by atoms with E-state index in [2.05, 4.69) is 48.6 Å². The third kappa shape index (κ3) is 8.02. The maximum absolute atomic E-state index is 12.2. The predicted octanol–water partition coefficient (Wildman–Crippen LogP) is 4.15. The highest BCUT2D eigenvalue weighted by Crippen LogP contribution is 2.22. The number of benzene rings is 1. The second-order valence-electron chi connectivity index (χ2n) is 5.68. The van der Waals surface area contributed by atoms with Crippen LogP contribution >= 0.6 is 39.9 Å². The quantitative estimate of drug-likeness (QED) is 0.339. The molecule has 9 heteroatoms. The zero-order valence-corrected chi connectivity index (χ0v) is 17.9. The Balaban J connectivity index is 0.00000312. The van der Waals surface area contributed by atoms with Crippen LogP contribution in [0.4, 0.5) is 18.9 Å². The second-order valence-corrected chi connectivity index (χ2v) is 6.59. The molecular weight excluding hydrogens is 512 g/mol. The van der Waals surface area contributed by atoms with E-state index in [1.165, 1.54) is 0 Å². The lowest BCUT2D eigenvalue weighted by Gasteiger charge is -2.20. The molecule has 1 fully saturated rings. The lowest BCUT2D eigenvalue weighted by atomic mass is 10.3. The van der Waals surface area contributed by atoms with Gasteiger partial charge in [0.25, 0.3) is 0 Å². The Morgan fingerprint density at radius 2 is 2.00 bits per heavy atom. The molecule has 0 bridgehead atoms. The Bertz CT molecular complexity index is 551. The molecule has 4 nitrogen and oxygen atoms in total. The Morgan fingerprint density at radius 1 is 1.32 bits per heavy atom. The van der Waals surface area contributed by atoms with Crippen LogP contribution in [0.15, 0.2) is 33.7 Å². The van der Waals surface area contributed by atoms with Crippen LogP contribution in [0.5, 0.6) is 0 Å². The van der Waals surface area contributed by atoms with E-state index in [4.69, 9.17) is 0 Å². The monoisotopic (exact) mass is 534 g/mol. The summed E-state index contributed by atoms with van der Waals surface area (Å²) in [5.74, 6) is 0.449. The highest BCUT2D eigenvalue weighted by Gasteiger charge is 2.27. The van der Waals surface area contributed by atoms with Gasteiger partial charge < -0.3 is 15.5 Å². The molecule has 0 radical (unpaired) electrons. The molecule has 0 amide bonds. The molecule has 25 heavy (non-hydrogen) atoms. The van der Waals surface area contributed by atoms with Crippen LogP contribution in [0.2, 0.25) is 0 Å². The number of hydrogen-bond donors (Lipinski definition) is 2. The molecule has 1 aromatic rings. The van der Waals surface area contributed by atoms with E-state index in [1.807, 2.05) is 19.1 Å². The topological polar surface area (TPSA) is 39.7 Å². The van der Waals surface area contributed by atoms with Crippen LogP contribution in [-0.4, -0.2) is 44.4 Å². The van der Waals surface area contributed by atoms with E-state index in [1.54, 1.807) is 0 Å². The number of nitrogens with zero attached hydrogens (tertiary/aromatic N) is 2. The van der Waals surface area contributed by atoms with Crippen LogP contribution in [0.3, 0.4) is 0 Å². The van der Waals surface area contributed by atoms with Crippen molar-refractivity contribution in [1.82, 2.24) is 10.6 Å². The first-order valence-electron chi connectivity index (χ1n) is 7.99. The average Bonchev–Trinajstić information content (AvgIpc) is 2.95. The average molecular weight is 535 g/mol. The van der Waals surface area contributed by atoms with Crippen molar-refractivity contribution in [2.75, 3.05) is 31.1 Å². The van der Waals surface area contributed by atoms with Crippen molar-refractivity contribution >= 4 is 51.6 Å². The predicted molar refractivity (Wildman–Crippen MR) is 110 cm³/mol. The summed E-state index contributed by atoms with van der Waals surface area (Å²) in [6.45, 7) is 3.94. The number of guanidine groups is 1. The van der Waals surface area contributed by atoms with Gasteiger partial charge in [0.05, 0.1) is 13.0 Å². The number of halogens is 5. The van der Waals surface area contributed by atoms with Gasteiger partial charge in [0, 0.05) is 35.8 Å². The molecule has 1 saturated heterocycles. The van der Waals surface area contributed by atoms with Crippen molar-refractivity contribution in [2.45, 2.75) is 32.0 Å². The number of rotatable bonds is 5. The van der Waals surface area contributed by atoms with Gasteiger partial charge in [0.15, 0.2) is 5.96 Å². The van der Waals surface area contributed by atoms with E-state index in [0.29, 0.717) is 12.5 Å². The van der Waals surface area contributed by atoms with Crippen LogP contribution in [-0.2, 0) is 0 Å². The van der Waals surface area contributed by atoms with Crippen molar-refractivity contribution in [2.24, 2.45) is 4.99 Å². The van der Waals surface area contributed by atoms with Gasteiger partial charge in [-0.05, 0) is 37.6 Å². The highest BCUT2D eigenvalue weighted by atomic mass is 127. The molecule has 1 heterocycles. The van der Waals surface area contributed by atoms with Crippen LogP contribution in [0.1, 0.15) is 19.8 Å². The normalized spacial score (nSPS) is 18.0. The molecular formula is C16H23BrF3IN4. The molecule has 0 saturated carbocycles. The van der Waals surface area contributed by atoms with Crippen molar-refractivity contribution < 1.29 is 13.2 Å². The number of anilines is 1. The smallest absolute Gasteiger partial charge is 0.369 e. The molecule has 1 atom stereocenters. The molecule has 1 aromatic carbocycles. The van der Waals surface area contributed by atoms with E-state index >= 15 is 0 Å². The fraction of sp³-hybridized carbons (Fsp3) is 0.562. The maximum Gasteiger partial charge on any atom is 0.390 e. The standard InChI is InChI=1S/C16H22BrF3N4.HI/c1-2-21-15(22-9-8-16(18,19)20)23-13-7-10-24(11-13)14-5-3-12(17)4-6-14;/h3-6,13H,2,7-11H2,1H3,(H2,21,22,23);1H. The summed E-state index contributed by atoms with van der Waals surface area (Å²) in [5.41, 5.74) is 1.14. The van der Waals surface area contributed by atoms with E-state index < -0.39 is 12.6 Å². The maximum atomic E-state index is 12.2. The van der Waals surface area contributed by atoms with Gasteiger partial charge in [-0.25, -0.2) is 0 Å². The fourth-order valence-corrected chi connectivity index (χ4v) is 2.84. The Kier molecular flexibility index (Phi) is 9.33. The van der Waals surface area contributed by atoms with Crippen molar-refractivity contribution in [3.63, 3.8) is 0 Å². The van der Waals surface area contributed by atoms with Crippen molar-refractivity contribution in [1.29, 1.82) is 0 Å². The van der Waals surface area contributed by atoms with Crippen molar-refractivity contribution in [3.8, 4) is 0 Å². The minimum absolute atomic E-state index is 0. The largest absolute Gasteiger partial charge is 0.390 e. The minimum atomic E-state index is -4.17. The summed E-state index contributed by atoms with van der Waals surface area (Å²) in [4.78, 5) is 6.27. The number of nitrogens with one attached hydrogen (secondary N) is 2. The van der Waals surface area contributed by atoms with E-state index in [9.17, 15) is 13.2 Å². The van der Waals surface area contributed by atoms with Gasteiger partial charge in [-0.2, -0.15) is 13.2 Å². The molecule has 1 unspecified atom stereocenters. The van der Waals surface area contributed by atoms with Crippen molar-refractivity contribution in [3.05, 3.63) is 28.7 Å². The summed E-state index contributed by atoms with van der Waals surface area (Å²) in [5, 5.41) is 6.24. The zero-order valence-electron chi connectivity index (χ0n) is 13.9. The van der Waals surface area contributed by atoms with Crippen LogP contribution in [0, 0.1) is 0 Å². The van der Waals surface area contributed by atoms with Gasteiger partial charge in [-0.3, -0.25) is 4.99 Å². The summed E-state index contributed by atoms with van der Waals surface area (Å²) in [7, 11) is 0. The molecule has 0 aliphatic carbocycles. The van der Waals surface area contributed by atoms with Gasteiger partial charge in [-0.1, -0.05) is 15.9 Å². The molecule has 2 rings (SSSR count). The lowest BCUT2D eigenvalue weighted by molar-refractivity contribution is -0.132. The molecule has 1 aliphatic heterocycles. The Labute approximate surface area is 171 Å². The summed E-state index contributed by atoms with van der Waals surface area (Å²) < 4.78 is 37.8. The third-order valence-electron chi connectivity index (χ3n) is 3.73. The van der Waals surface area contributed by atoms with E-state index in [-0.39, 0.29) is 36.6 Å². The molecule has 142 valence electrons. The molecule has 1 aliphatic rings. The Morgan fingerprint density at radius 3 is 2.60 bits per heavy atom. The first-order valence-corrected chi connectivity index (χ1v) is 8.79. The summed E-state index contributed by atoms with van der Waals surface area (Å²) in [6.07, 6.45) is -4.16.